The molecule has 0 bridgehead atoms. The Morgan fingerprint density at radius 2 is 2.12 bits per heavy atom. The molecule has 0 aromatic heterocycles. The minimum Gasteiger partial charge on any atom is -0.396 e. The first kappa shape index (κ1) is 11.5. The molecule has 1 fully saturated rings. The number of rotatable bonds is 2. The van der Waals surface area contributed by atoms with Crippen molar-refractivity contribution in [1.29, 1.82) is 0 Å². The number of aliphatic hydroxyl groups excluding tert-OH is 1. The van der Waals surface area contributed by atoms with Crippen LogP contribution in [-0.4, -0.2) is 24.9 Å². The summed E-state index contributed by atoms with van der Waals surface area (Å²) in [5, 5.41) is 9.87. The molecule has 1 aliphatic heterocycles. The summed E-state index contributed by atoms with van der Waals surface area (Å²) in [5.74, 6) is -0.480. The van der Waals surface area contributed by atoms with Crippen LogP contribution in [0.2, 0.25) is 5.02 Å². The average Bonchev–Trinajstić information content (AvgIpc) is 2.90. The van der Waals surface area contributed by atoms with E-state index < -0.39 is 5.79 Å². The number of hydrogen-bond donors (Lipinski definition) is 1. The first-order chi connectivity index (χ1) is 8.26. The van der Waals surface area contributed by atoms with Crippen LogP contribution in [0.25, 0.3) is 0 Å². The van der Waals surface area contributed by atoms with E-state index in [1.54, 1.807) is 0 Å². The molecule has 3 nitrogen and oxygen atoms in total. The maximum atomic E-state index is 9.17. The second-order valence-electron chi connectivity index (χ2n) is 4.58. The van der Waals surface area contributed by atoms with Gasteiger partial charge in [-0.15, -0.1) is 0 Å². The summed E-state index contributed by atoms with van der Waals surface area (Å²) < 4.78 is 11.7. The van der Waals surface area contributed by atoms with Gasteiger partial charge in [-0.05, 0) is 30.5 Å². The Balaban J connectivity index is 2.05. The van der Waals surface area contributed by atoms with E-state index in [4.69, 9.17) is 26.2 Å². The molecule has 1 aliphatic carbocycles. The van der Waals surface area contributed by atoms with Crippen LogP contribution in [0, 0.1) is 5.92 Å². The number of aliphatic hydroxyl groups is 1. The molecule has 1 spiro atoms. The Bertz CT molecular complexity index is 427. The molecule has 1 aromatic carbocycles. The lowest BCUT2D eigenvalue weighted by atomic mass is 9.96. The highest BCUT2D eigenvalue weighted by atomic mass is 35.5. The zero-order valence-electron chi connectivity index (χ0n) is 9.49. The molecule has 3 rings (SSSR count). The quantitative estimate of drug-likeness (QED) is 0.878. The molecule has 17 heavy (non-hydrogen) atoms. The third-order valence-corrected chi connectivity index (χ3v) is 3.88. The lowest BCUT2D eigenvalue weighted by Gasteiger charge is -2.30. The number of halogens is 1. The predicted octanol–water partition coefficient (Wildman–Crippen LogP) is 2.09. The minimum absolute atomic E-state index is 0.154. The van der Waals surface area contributed by atoms with Gasteiger partial charge in [-0.2, -0.15) is 0 Å². The van der Waals surface area contributed by atoms with E-state index in [-0.39, 0.29) is 12.5 Å². The van der Waals surface area contributed by atoms with Gasteiger partial charge < -0.3 is 14.6 Å². The van der Waals surface area contributed by atoms with Crippen molar-refractivity contribution < 1.29 is 14.6 Å². The molecule has 1 N–H and O–H groups in total. The monoisotopic (exact) mass is 254 g/mol. The highest BCUT2D eigenvalue weighted by molar-refractivity contribution is 6.30. The fraction of sp³-hybridized carbons (Fsp3) is 0.538. The summed E-state index contributed by atoms with van der Waals surface area (Å²) >= 11 is 6.05. The lowest BCUT2D eigenvalue weighted by Crippen LogP contribution is -2.33. The number of fused-ring (bicyclic) bond motifs is 2. The van der Waals surface area contributed by atoms with Crippen molar-refractivity contribution in [3.8, 4) is 0 Å². The van der Waals surface area contributed by atoms with Crippen LogP contribution in [0.4, 0.5) is 0 Å². The van der Waals surface area contributed by atoms with E-state index in [0.717, 1.165) is 12.0 Å². The molecule has 1 unspecified atom stereocenters. The van der Waals surface area contributed by atoms with Gasteiger partial charge in [-0.3, -0.25) is 0 Å². The van der Waals surface area contributed by atoms with Crippen LogP contribution in [0.5, 0.6) is 0 Å². The van der Waals surface area contributed by atoms with Crippen LogP contribution < -0.4 is 0 Å². The van der Waals surface area contributed by atoms with Crippen LogP contribution >= 0.6 is 11.6 Å². The second-order valence-corrected chi connectivity index (χ2v) is 5.02. The van der Waals surface area contributed by atoms with Gasteiger partial charge in [0.15, 0.2) is 5.79 Å². The predicted molar refractivity (Wildman–Crippen MR) is 63.9 cm³/mol. The molecule has 1 aromatic rings. The molecular formula is C13H15ClO3. The van der Waals surface area contributed by atoms with Crippen molar-refractivity contribution in [3.05, 3.63) is 34.3 Å². The van der Waals surface area contributed by atoms with Crippen LogP contribution in [0.3, 0.4) is 0 Å². The first-order valence-corrected chi connectivity index (χ1v) is 6.32. The van der Waals surface area contributed by atoms with Gasteiger partial charge >= 0.3 is 0 Å². The third-order valence-electron chi connectivity index (χ3n) is 3.64. The Morgan fingerprint density at radius 3 is 2.82 bits per heavy atom. The smallest absolute Gasteiger partial charge is 0.198 e. The summed E-state index contributed by atoms with van der Waals surface area (Å²) in [4.78, 5) is 0. The van der Waals surface area contributed by atoms with Gasteiger partial charge in [0.05, 0.1) is 13.2 Å². The normalized spacial score (nSPS) is 25.4. The minimum atomic E-state index is -0.664. The number of benzene rings is 1. The van der Waals surface area contributed by atoms with Crippen molar-refractivity contribution in [2.75, 3.05) is 19.8 Å². The molecule has 1 atom stereocenters. The largest absolute Gasteiger partial charge is 0.396 e. The van der Waals surface area contributed by atoms with E-state index in [2.05, 4.69) is 0 Å². The molecule has 92 valence electrons. The van der Waals surface area contributed by atoms with Crippen molar-refractivity contribution in [2.24, 2.45) is 5.92 Å². The zero-order valence-corrected chi connectivity index (χ0v) is 10.2. The van der Waals surface area contributed by atoms with Gasteiger partial charge in [0.1, 0.15) is 0 Å². The molecule has 0 amide bonds. The second kappa shape index (κ2) is 4.25. The van der Waals surface area contributed by atoms with Crippen molar-refractivity contribution in [1.82, 2.24) is 0 Å². The lowest BCUT2D eigenvalue weighted by molar-refractivity contribution is -0.199. The highest BCUT2D eigenvalue weighted by Gasteiger charge is 2.51. The number of ether oxygens (including phenoxy) is 2. The van der Waals surface area contributed by atoms with Crippen LogP contribution in [0.1, 0.15) is 17.5 Å². The molecule has 0 radical (unpaired) electrons. The molecule has 4 heteroatoms. The first-order valence-electron chi connectivity index (χ1n) is 5.94. The fourth-order valence-electron chi connectivity index (χ4n) is 2.94. The third kappa shape index (κ3) is 1.69. The summed E-state index contributed by atoms with van der Waals surface area (Å²) in [5.41, 5.74) is 2.26. The van der Waals surface area contributed by atoms with Crippen molar-refractivity contribution >= 4 is 11.6 Å². The maximum absolute atomic E-state index is 9.17. The molecule has 2 aliphatic rings. The zero-order chi connectivity index (χ0) is 11.9. The maximum Gasteiger partial charge on any atom is 0.198 e. The van der Waals surface area contributed by atoms with Gasteiger partial charge in [0.2, 0.25) is 0 Å². The van der Waals surface area contributed by atoms with Gasteiger partial charge in [-0.25, -0.2) is 0 Å². The van der Waals surface area contributed by atoms with E-state index in [1.165, 1.54) is 5.56 Å². The molecule has 1 saturated heterocycles. The standard InChI is InChI=1S/C13H15ClO3/c14-11-2-1-9-7-10(3-4-15)13(12(9)8-11)16-5-6-17-13/h1-2,8,10,15H,3-7H2. The Morgan fingerprint density at radius 1 is 1.35 bits per heavy atom. The van der Waals surface area contributed by atoms with Gasteiger partial charge in [0, 0.05) is 23.1 Å². The van der Waals surface area contributed by atoms with Crippen LogP contribution in [-0.2, 0) is 21.7 Å². The average molecular weight is 255 g/mol. The molecule has 1 heterocycles. The highest BCUT2D eigenvalue weighted by Crippen LogP contribution is 2.49. The summed E-state index contributed by atoms with van der Waals surface area (Å²) in [6, 6.07) is 5.85. The number of hydrogen-bond acceptors (Lipinski definition) is 3. The van der Waals surface area contributed by atoms with Crippen molar-refractivity contribution in [2.45, 2.75) is 18.6 Å². The molecule has 0 saturated carbocycles. The summed E-state index contributed by atoms with van der Waals surface area (Å²) in [6.07, 6.45) is 1.57. The van der Waals surface area contributed by atoms with E-state index in [0.29, 0.717) is 24.7 Å². The van der Waals surface area contributed by atoms with Crippen LogP contribution in [0.15, 0.2) is 18.2 Å². The topological polar surface area (TPSA) is 38.7 Å². The Kier molecular flexibility index (Phi) is 2.87. The Labute approximate surface area is 105 Å². The van der Waals surface area contributed by atoms with E-state index >= 15 is 0 Å². The molecular weight excluding hydrogens is 240 g/mol. The summed E-state index contributed by atoms with van der Waals surface area (Å²) in [7, 11) is 0. The summed E-state index contributed by atoms with van der Waals surface area (Å²) in [6.45, 7) is 1.36. The van der Waals surface area contributed by atoms with E-state index in [1.807, 2.05) is 18.2 Å². The fourth-order valence-corrected chi connectivity index (χ4v) is 3.11. The van der Waals surface area contributed by atoms with Gasteiger partial charge in [-0.1, -0.05) is 17.7 Å². The van der Waals surface area contributed by atoms with Gasteiger partial charge in [0.25, 0.3) is 0 Å². The van der Waals surface area contributed by atoms with Crippen molar-refractivity contribution in [3.63, 3.8) is 0 Å². The van der Waals surface area contributed by atoms with E-state index in [9.17, 15) is 0 Å². The SMILES string of the molecule is OCCC1Cc2ccc(Cl)cc2C12OCCO2. The Hall–Kier alpha value is -0.610.